The van der Waals surface area contributed by atoms with Crippen LogP contribution in [0.3, 0.4) is 0 Å². The molecule has 0 bridgehead atoms. The van der Waals surface area contributed by atoms with Crippen molar-refractivity contribution in [2.75, 3.05) is 13.7 Å². The molecule has 2 aromatic carbocycles. The SMILES string of the molecule is CCCCCCCCOC(=O)C([NH3+])Cc1ccc(OC)c([N+](=O)[O-])c1.Cc1ccc(S(=O)(=O)[O-])cc1. The van der Waals surface area contributed by atoms with E-state index in [0.717, 1.165) is 24.8 Å². The van der Waals surface area contributed by atoms with Gasteiger partial charge in [0, 0.05) is 12.5 Å². The van der Waals surface area contributed by atoms with Gasteiger partial charge >= 0.3 is 11.7 Å². The van der Waals surface area contributed by atoms with E-state index >= 15 is 0 Å². The fourth-order valence-electron chi connectivity index (χ4n) is 3.25. The molecule has 200 valence electrons. The Morgan fingerprint density at radius 3 is 2.22 bits per heavy atom. The second kappa shape index (κ2) is 15.9. The number of benzene rings is 2. The van der Waals surface area contributed by atoms with Crippen LogP contribution < -0.4 is 10.5 Å². The first-order valence-electron chi connectivity index (χ1n) is 11.8. The summed E-state index contributed by atoms with van der Waals surface area (Å²) in [5.41, 5.74) is 5.28. The molecule has 0 spiro atoms. The minimum atomic E-state index is -4.27. The maximum atomic E-state index is 12.0. The summed E-state index contributed by atoms with van der Waals surface area (Å²) in [6, 6.07) is 9.84. The molecule has 2 aromatic rings. The summed E-state index contributed by atoms with van der Waals surface area (Å²) in [6.45, 7) is 4.40. The summed E-state index contributed by atoms with van der Waals surface area (Å²) >= 11 is 0. The molecule has 1 unspecified atom stereocenters. The number of ether oxygens (including phenoxy) is 2. The molecule has 0 saturated carbocycles. The van der Waals surface area contributed by atoms with Gasteiger partial charge in [-0.15, -0.1) is 0 Å². The Bertz CT molecular complexity index is 1070. The molecule has 10 nitrogen and oxygen atoms in total. The topological polar surface area (TPSA) is 164 Å². The van der Waals surface area contributed by atoms with E-state index < -0.39 is 21.1 Å². The molecule has 36 heavy (non-hydrogen) atoms. The summed E-state index contributed by atoms with van der Waals surface area (Å²) in [6.07, 6.45) is 7.04. The number of carbonyl (C=O) groups excluding carboxylic acids is 1. The van der Waals surface area contributed by atoms with Gasteiger partial charge in [-0.2, -0.15) is 0 Å². The molecule has 0 heterocycles. The van der Waals surface area contributed by atoms with Crippen molar-refractivity contribution in [2.45, 2.75) is 69.7 Å². The molecule has 0 aliphatic heterocycles. The van der Waals surface area contributed by atoms with Gasteiger partial charge in [-0.3, -0.25) is 10.1 Å². The molecule has 3 N–H and O–H groups in total. The lowest BCUT2D eigenvalue weighted by atomic mass is 10.1. The number of nitro benzene ring substituents is 1. The smallest absolute Gasteiger partial charge is 0.365 e. The van der Waals surface area contributed by atoms with Crippen LogP contribution in [0.2, 0.25) is 0 Å². The maximum absolute atomic E-state index is 12.0. The van der Waals surface area contributed by atoms with E-state index in [2.05, 4.69) is 12.7 Å². The van der Waals surface area contributed by atoms with Gasteiger partial charge < -0.3 is 19.8 Å². The zero-order chi connectivity index (χ0) is 27.1. The average Bonchev–Trinajstić information content (AvgIpc) is 2.83. The van der Waals surface area contributed by atoms with E-state index in [4.69, 9.17) is 9.47 Å². The first-order valence-corrected chi connectivity index (χ1v) is 13.2. The Morgan fingerprint density at radius 2 is 1.67 bits per heavy atom. The number of hydrogen-bond donors (Lipinski definition) is 1. The summed E-state index contributed by atoms with van der Waals surface area (Å²) in [5, 5.41) is 11.0. The van der Waals surface area contributed by atoms with Crippen molar-refractivity contribution < 1.29 is 37.9 Å². The summed E-state index contributed by atoms with van der Waals surface area (Å²) < 4.78 is 41.4. The Labute approximate surface area is 212 Å². The van der Waals surface area contributed by atoms with Crippen molar-refractivity contribution >= 4 is 21.8 Å². The van der Waals surface area contributed by atoms with Gasteiger partial charge in [0.15, 0.2) is 11.8 Å². The van der Waals surface area contributed by atoms with Crippen molar-refractivity contribution in [2.24, 2.45) is 0 Å². The number of carbonyl (C=O) groups is 1. The van der Waals surface area contributed by atoms with Crippen LogP contribution in [0.15, 0.2) is 47.4 Å². The van der Waals surface area contributed by atoms with Crippen LogP contribution in [0, 0.1) is 17.0 Å². The second-order valence-electron chi connectivity index (χ2n) is 8.37. The largest absolute Gasteiger partial charge is 0.744 e. The maximum Gasteiger partial charge on any atom is 0.365 e. The third kappa shape index (κ3) is 11.6. The predicted octanol–water partition coefficient (Wildman–Crippen LogP) is 3.56. The number of rotatable bonds is 13. The Balaban J connectivity index is 0.000000488. The molecule has 0 aliphatic rings. The third-order valence-electron chi connectivity index (χ3n) is 5.31. The number of nitrogens with zero attached hydrogens (tertiary/aromatic N) is 1. The number of nitro groups is 1. The standard InChI is InChI=1S/C18H28N2O5.C7H8O3S/c1-3-4-5-6-7-8-11-25-18(21)15(19)12-14-9-10-17(24-2)16(13-14)20(22)23;1-6-2-4-7(5-3-6)11(8,9)10/h9-10,13,15H,3-8,11-12,19H2,1-2H3;2-5H,1H3,(H,8,9,10). The molecule has 11 heteroatoms. The average molecular weight is 525 g/mol. The highest BCUT2D eigenvalue weighted by molar-refractivity contribution is 7.85. The highest BCUT2D eigenvalue weighted by atomic mass is 32.2. The van der Waals surface area contributed by atoms with Crippen molar-refractivity contribution in [3.8, 4) is 5.75 Å². The monoisotopic (exact) mass is 524 g/mol. The molecule has 0 aromatic heterocycles. The van der Waals surface area contributed by atoms with E-state index in [9.17, 15) is 27.9 Å². The highest BCUT2D eigenvalue weighted by Gasteiger charge is 2.22. The van der Waals surface area contributed by atoms with Crippen molar-refractivity contribution in [1.29, 1.82) is 0 Å². The lowest BCUT2D eigenvalue weighted by Crippen LogP contribution is -2.66. The normalized spacial score (nSPS) is 11.7. The molecule has 0 aliphatic carbocycles. The molecular weight excluding hydrogens is 488 g/mol. The second-order valence-corrected chi connectivity index (χ2v) is 9.75. The minimum absolute atomic E-state index is 0.118. The van der Waals surface area contributed by atoms with Gasteiger partial charge in [0.25, 0.3) is 0 Å². The summed E-state index contributed by atoms with van der Waals surface area (Å²) in [5.74, 6) is -0.174. The Morgan fingerprint density at radius 1 is 1.06 bits per heavy atom. The van der Waals surface area contributed by atoms with Crippen LogP contribution in [0.25, 0.3) is 0 Å². The van der Waals surface area contributed by atoms with Gasteiger partial charge in [-0.1, -0.05) is 62.8 Å². The first kappa shape index (κ1) is 31.0. The van der Waals surface area contributed by atoms with E-state index in [1.54, 1.807) is 18.2 Å². The summed E-state index contributed by atoms with van der Waals surface area (Å²) in [7, 11) is -2.89. The number of esters is 1. The number of hydrogen-bond acceptors (Lipinski definition) is 8. The third-order valence-corrected chi connectivity index (χ3v) is 6.16. The number of unbranched alkanes of at least 4 members (excludes halogenated alkanes) is 5. The molecule has 0 amide bonds. The molecule has 0 radical (unpaired) electrons. The Kier molecular flexibility index (Phi) is 13.7. The zero-order valence-electron chi connectivity index (χ0n) is 21.1. The fraction of sp³-hybridized carbons (Fsp3) is 0.480. The van der Waals surface area contributed by atoms with Crippen molar-refractivity contribution in [1.82, 2.24) is 0 Å². The van der Waals surface area contributed by atoms with E-state index in [1.165, 1.54) is 50.6 Å². The fourth-order valence-corrected chi connectivity index (χ4v) is 3.72. The zero-order valence-corrected chi connectivity index (χ0v) is 21.9. The van der Waals surface area contributed by atoms with Crippen LogP contribution in [0.1, 0.15) is 56.6 Å². The van der Waals surface area contributed by atoms with Crippen LogP contribution >= 0.6 is 0 Å². The van der Waals surface area contributed by atoms with Crippen molar-refractivity contribution in [3.05, 3.63) is 63.7 Å². The predicted molar refractivity (Wildman–Crippen MR) is 134 cm³/mol. The minimum Gasteiger partial charge on any atom is -0.744 e. The molecule has 1 atom stereocenters. The number of methoxy groups -OCH3 is 1. The Hall–Kier alpha value is -3.02. The van der Waals surface area contributed by atoms with E-state index in [1.807, 2.05) is 6.92 Å². The van der Waals surface area contributed by atoms with Crippen LogP contribution in [0.4, 0.5) is 5.69 Å². The molecular formula is C25H36N2O8S. The summed E-state index contributed by atoms with van der Waals surface area (Å²) in [4.78, 5) is 22.3. The van der Waals surface area contributed by atoms with Gasteiger partial charge in [-0.05, 0) is 37.1 Å². The van der Waals surface area contributed by atoms with E-state index in [-0.39, 0.29) is 22.3 Å². The van der Waals surface area contributed by atoms with Gasteiger partial charge in [0.2, 0.25) is 0 Å². The lowest BCUT2D eigenvalue weighted by Gasteiger charge is -2.10. The first-order chi connectivity index (χ1) is 17.0. The molecule has 0 saturated heterocycles. The lowest BCUT2D eigenvalue weighted by molar-refractivity contribution is -0.408. The van der Waals surface area contributed by atoms with Gasteiger partial charge in [0.05, 0.1) is 23.5 Å². The van der Waals surface area contributed by atoms with Crippen molar-refractivity contribution in [3.63, 3.8) is 0 Å². The van der Waals surface area contributed by atoms with E-state index in [0.29, 0.717) is 18.6 Å². The number of quaternary nitrogens is 1. The van der Waals surface area contributed by atoms with Gasteiger partial charge in [-0.25, -0.2) is 13.2 Å². The quantitative estimate of drug-likeness (QED) is 0.137. The highest BCUT2D eigenvalue weighted by Crippen LogP contribution is 2.27. The van der Waals surface area contributed by atoms with Gasteiger partial charge in [0.1, 0.15) is 10.1 Å². The van der Waals surface area contributed by atoms with Crippen LogP contribution in [-0.4, -0.2) is 43.6 Å². The van der Waals surface area contributed by atoms with Crippen LogP contribution in [-0.2, 0) is 26.1 Å². The molecule has 2 rings (SSSR count). The number of aryl methyl sites for hydroxylation is 1. The molecule has 0 fully saturated rings. The van der Waals surface area contributed by atoms with Crippen LogP contribution in [0.5, 0.6) is 5.75 Å².